The van der Waals surface area contributed by atoms with Gasteiger partial charge in [-0.3, -0.25) is 4.79 Å². The molecule has 1 aromatic heterocycles. The Morgan fingerprint density at radius 2 is 1.93 bits per heavy atom. The third-order valence-electron chi connectivity index (χ3n) is 4.20. The van der Waals surface area contributed by atoms with E-state index in [4.69, 9.17) is 6.42 Å². The summed E-state index contributed by atoms with van der Waals surface area (Å²) in [6, 6.07) is 14.8. The summed E-state index contributed by atoms with van der Waals surface area (Å²) in [6.45, 7) is 2.32. The highest BCUT2D eigenvalue weighted by molar-refractivity contribution is 7.91. The van der Waals surface area contributed by atoms with Crippen LogP contribution in [-0.4, -0.2) is 24.6 Å². The molecule has 0 aliphatic carbocycles. The number of rotatable bonds is 6. The number of terminal acetylenes is 1. The number of fused-ring (bicyclic) bond motifs is 1. The zero-order chi connectivity index (χ0) is 20.1. The molecule has 0 aliphatic heterocycles. The summed E-state index contributed by atoms with van der Waals surface area (Å²) in [6.07, 6.45) is 6.36. The van der Waals surface area contributed by atoms with Crippen molar-refractivity contribution < 1.29 is 13.2 Å². The lowest BCUT2D eigenvalue weighted by molar-refractivity contribution is -0.115. The van der Waals surface area contributed by atoms with Gasteiger partial charge in [-0.15, -0.1) is 6.42 Å². The van der Waals surface area contributed by atoms with Crippen molar-refractivity contribution in [1.29, 1.82) is 0 Å². The maximum atomic E-state index is 12.4. The lowest BCUT2D eigenvalue weighted by Crippen LogP contribution is -2.21. The van der Waals surface area contributed by atoms with Crippen LogP contribution in [0.15, 0.2) is 53.5 Å². The molecule has 1 heterocycles. The molecule has 0 radical (unpaired) electrons. The minimum atomic E-state index is -3.61. The van der Waals surface area contributed by atoms with Gasteiger partial charge in [-0.1, -0.05) is 60.6 Å². The fourth-order valence-electron chi connectivity index (χ4n) is 2.87. The predicted molar refractivity (Wildman–Crippen MR) is 113 cm³/mol. The standard InChI is InChI=1S/C21H20N2O3S2/c1-3-12-23-18-11-10-16(4-2)13-19(18)27-21(23)22-20(24)15-28(25,26)14-17-8-6-5-7-9-17/h1,5-11,13H,4,12,14-15H2,2H3. The van der Waals surface area contributed by atoms with Gasteiger partial charge in [0.05, 0.1) is 22.5 Å². The van der Waals surface area contributed by atoms with E-state index in [1.165, 1.54) is 16.9 Å². The van der Waals surface area contributed by atoms with Gasteiger partial charge < -0.3 is 4.57 Å². The van der Waals surface area contributed by atoms with E-state index in [0.717, 1.165) is 16.6 Å². The summed E-state index contributed by atoms with van der Waals surface area (Å²) in [5.41, 5.74) is 2.70. The molecule has 0 atom stereocenters. The van der Waals surface area contributed by atoms with Crippen LogP contribution in [0.5, 0.6) is 0 Å². The highest BCUT2D eigenvalue weighted by atomic mass is 32.2. The van der Waals surface area contributed by atoms with Crippen LogP contribution in [0.25, 0.3) is 10.2 Å². The van der Waals surface area contributed by atoms with Crippen molar-refractivity contribution in [2.24, 2.45) is 4.99 Å². The van der Waals surface area contributed by atoms with E-state index < -0.39 is 21.5 Å². The van der Waals surface area contributed by atoms with E-state index in [1.54, 1.807) is 28.8 Å². The van der Waals surface area contributed by atoms with Crippen molar-refractivity contribution in [3.63, 3.8) is 0 Å². The van der Waals surface area contributed by atoms with Crippen LogP contribution in [-0.2, 0) is 33.4 Å². The number of aryl methyl sites for hydroxylation is 1. The minimum Gasteiger partial charge on any atom is -0.305 e. The number of hydrogen-bond donors (Lipinski definition) is 0. The molecule has 0 aliphatic rings. The first-order valence-electron chi connectivity index (χ1n) is 8.79. The molecule has 144 valence electrons. The number of aromatic nitrogens is 1. The summed E-state index contributed by atoms with van der Waals surface area (Å²) >= 11 is 1.34. The Balaban J connectivity index is 1.91. The fraction of sp³-hybridized carbons (Fsp3) is 0.238. The monoisotopic (exact) mass is 412 g/mol. The Morgan fingerprint density at radius 3 is 2.61 bits per heavy atom. The number of hydrogen-bond acceptors (Lipinski definition) is 4. The summed E-state index contributed by atoms with van der Waals surface area (Å²) in [5.74, 6) is 1.05. The molecule has 0 fully saturated rings. The second kappa shape index (κ2) is 8.55. The van der Waals surface area contributed by atoms with Crippen molar-refractivity contribution in [2.45, 2.75) is 25.6 Å². The number of sulfone groups is 1. The Bertz CT molecular complexity index is 1210. The van der Waals surface area contributed by atoms with E-state index in [-0.39, 0.29) is 12.3 Å². The molecule has 7 heteroatoms. The quantitative estimate of drug-likeness (QED) is 0.585. The topological polar surface area (TPSA) is 68.5 Å². The average molecular weight is 413 g/mol. The van der Waals surface area contributed by atoms with E-state index >= 15 is 0 Å². The third-order valence-corrected chi connectivity index (χ3v) is 6.70. The van der Waals surface area contributed by atoms with Gasteiger partial charge in [-0.05, 0) is 29.7 Å². The van der Waals surface area contributed by atoms with E-state index in [9.17, 15) is 13.2 Å². The first-order chi connectivity index (χ1) is 13.4. The average Bonchev–Trinajstić information content (AvgIpc) is 2.98. The van der Waals surface area contributed by atoms with Crippen LogP contribution in [0, 0.1) is 12.3 Å². The van der Waals surface area contributed by atoms with Gasteiger partial charge in [0, 0.05) is 0 Å². The summed E-state index contributed by atoms with van der Waals surface area (Å²) in [7, 11) is -3.61. The highest BCUT2D eigenvalue weighted by Gasteiger charge is 2.17. The zero-order valence-corrected chi connectivity index (χ0v) is 17.1. The lowest BCUT2D eigenvalue weighted by Gasteiger charge is -2.02. The number of amides is 1. The smallest absolute Gasteiger partial charge is 0.263 e. The van der Waals surface area contributed by atoms with Crippen molar-refractivity contribution in [3.8, 4) is 12.3 Å². The van der Waals surface area contributed by atoms with E-state index in [0.29, 0.717) is 10.4 Å². The molecule has 0 saturated carbocycles. The normalized spacial score (nSPS) is 12.2. The van der Waals surface area contributed by atoms with Gasteiger partial charge >= 0.3 is 0 Å². The minimum absolute atomic E-state index is 0.189. The van der Waals surface area contributed by atoms with Gasteiger partial charge in [0.15, 0.2) is 14.6 Å². The maximum Gasteiger partial charge on any atom is 0.263 e. The molecular weight excluding hydrogens is 392 g/mol. The van der Waals surface area contributed by atoms with Gasteiger partial charge in [-0.2, -0.15) is 4.99 Å². The van der Waals surface area contributed by atoms with Crippen molar-refractivity contribution >= 4 is 37.3 Å². The number of carbonyl (C=O) groups excluding carboxylic acids is 1. The first-order valence-corrected chi connectivity index (χ1v) is 11.4. The van der Waals surface area contributed by atoms with Gasteiger partial charge in [0.1, 0.15) is 5.75 Å². The molecule has 5 nitrogen and oxygen atoms in total. The molecular formula is C21H20N2O3S2. The summed E-state index contributed by atoms with van der Waals surface area (Å²) in [4.78, 5) is 16.9. The molecule has 2 aromatic carbocycles. The van der Waals surface area contributed by atoms with Crippen LogP contribution < -0.4 is 4.80 Å². The van der Waals surface area contributed by atoms with Gasteiger partial charge in [0.25, 0.3) is 5.91 Å². The molecule has 28 heavy (non-hydrogen) atoms. The SMILES string of the molecule is C#CCn1c(=NC(=O)CS(=O)(=O)Cc2ccccc2)sc2cc(CC)ccc21. The van der Waals surface area contributed by atoms with E-state index in [1.807, 2.05) is 24.3 Å². The number of nitrogens with zero attached hydrogens (tertiary/aromatic N) is 2. The molecule has 3 aromatic rings. The van der Waals surface area contributed by atoms with Crippen LogP contribution in [0.2, 0.25) is 0 Å². The molecule has 3 rings (SSSR count). The maximum absolute atomic E-state index is 12.4. The molecule has 0 bridgehead atoms. The van der Waals surface area contributed by atoms with Crippen LogP contribution in [0.3, 0.4) is 0 Å². The second-order valence-electron chi connectivity index (χ2n) is 6.35. The summed E-state index contributed by atoms with van der Waals surface area (Å²) in [5, 5.41) is 0. The Hall–Kier alpha value is -2.69. The highest BCUT2D eigenvalue weighted by Crippen LogP contribution is 2.19. The van der Waals surface area contributed by atoms with Crippen molar-refractivity contribution in [3.05, 3.63) is 64.5 Å². The largest absolute Gasteiger partial charge is 0.305 e. The molecule has 1 amide bonds. The first kappa shape index (κ1) is 20.1. The second-order valence-corrected chi connectivity index (χ2v) is 9.43. The molecule has 0 spiro atoms. The number of carbonyl (C=O) groups is 1. The van der Waals surface area contributed by atoms with Crippen molar-refractivity contribution in [2.75, 3.05) is 5.75 Å². The van der Waals surface area contributed by atoms with E-state index in [2.05, 4.69) is 17.8 Å². The van der Waals surface area contributed by atoms with Crippen LogP contribution >= 0.6 is 11.3 Å². The predicted octanol–water partition coefficient (Wildman–Crippen LogP) is 2.94. The Kier molecular flexibility index (Phi) is 6.12. The summed E-state index contributed by atoms with van der Waals surface area (Å²) < 4.78 is 27.4. The molecule has 0 N–H and O–H groups in total. The number of thiazole rings is 1. The fourth-order valence-corrected chi connectivity index (χ4v) is 5.23. The van der Waals surface area contributed by atoms with Gasteiger partial charge in [0.2, 0.25) is 0 Å². The Morgan fingerprint density at radius 1 is 1.18 bits per heavy atom. The third kappa shape index (κ3) is 4.77. The number of benzene rings is 2. The lowest BCUT2D eigenvalue weighted by atomic mass is 10.2. The Labute approximate surface area is 168 Å². The zero-order valence-electron chi connectivity index (χ0n) is 15.5. The van der Waals surface area contributed by atoms with Crippen molar-refractivity contribution in [1.82, 2.24) is 4.57 Å². The molecule has 0 unspecified atom stereocenters. The van der Waals surface area contributed by atoms with Gasteiger partial charge in [-0.25, -0.2) is 8.42 Å². The molecule has 0 saturated heterocycles. The van der Waals surface area contributed by atoms with Crippen LogP contribution in [0.4, 0.5) is 0 Å². The van der Waals surface area contributed by atoms with Crippen LogP contribution in [0.1, 0.15) is 18.1 Å².